The molecule has 3 aromatic rings. The maximum Gasteiger partial charge on any atom is 0.323 e. The molecule has 2 heterocycles. The molecule has 1 N–H and O–H groups in total. The number of carbonyl (C=O) groups is 1. The second kappa shape index (κ2) is 8.52. The molecule has 0 atom stereocenters. The maximum atomic E-state index is 13.9. The molecule has 1 aromatic heterocycles. The predicted octanol–water partition coefficient (Wildman–Crippen LogP) is 4.03. The van der Waals surface area contributed by atoms with Gasteiger partial charge in [0.05, 0.1) is 18.1 Å². The van der Waals surface area contributed by atoms with Crippen LogP contribution in [-0.2, 0) is 0 Å². The Kier molecular flexibility index (Phi) is 5.77. The molecule has 7 nitrogen and oxygen atoms in total. The van der Waals surface area contributed by atoms with Crippen molar-refractivity contribution in [2.24, 2.45) is 0 Å². The van der Waals surface area contributed by atoms with Crippen molar-refractivity contribution in [3.63, 3.8) is 0 Å². The molecule has 1 fully saturated rings. The van der Waals surface area contributed by atoms with Gasteiger partial charge in [-0.3, -0.25) is 5.32 Å². The highest BCUT2D eigenvalue weighted by atomic mass is 19.2. The summed E-state index contributed by atoms with van der Waals surface area (Å²) in [6.07, 6.45) is 0. The Balaban J connectivity index is 1.47. The van der Waals surface area contributed by atoms with Gasteiger partial charge in [0.2, 0.25) is 0 Å². The molecule has 1 aliphatic rings. The molecule has 0 bridgehead atoms. The second-order valence-corrected chi connectivity index (χ2v) is 7.61. The van der Waals surface area contributed by atoms with E-state index in [-0.39, 0.29) is 22.9 Å². The number of methoxy groups -OCH3 is 1. The number of anilines is 2. The quantitative estimate of drug-likeness (QED) is 0.617. The largest absolute Gasteiger partial charge is 0.478 e. The van der Waals surface area contributed by atoms with E-state index in [0.29, 0.717) is 37.2 Å². The van der Waals surface area contributed by atoms with E-state index in [9.17, 15) is 18.0 Å². The zero-order chi connectivity index (χ0) is 23.0. The number of aromatic nitrogens is 2. The number of rotatable bonds is 3. The molecule has 2 amide bonds. The van der Waals surface area contributed by atoms with Gasteiger partial charge in [-0.25, -0.2) is 27.9 Å². The van der Waals surface area contributed by atoms with E-state index in [1.165, 1.54) is 14.0 Å². The van der Waals surface area contributed by atoms with Crippen LogP contribution in [0.5, 0.6) is 5.88 Å². The third-order valence-corrected chi connectivity index (χ3v) is 5.49. The summed E-state index contributed by atoms with van der Waals surface area (Å²) in [7, 11) is 1.45. The average molecular weight is 445 g/mol. The molecule has 32 heavy (non-hydrogen) atoms. The fraction of sp³-hybridized carbons (Fsp3) is 0.318. The van der Waals surface area contributed by atoms with Crippen molar-refractivity contribution in [1.29, 1.82) is 0 Å². The van der Waals surface area contributed by atoms with Crippen molar-refractivity contribution in [1.82, 2.24) is 14.9 Å². The van der Waals surface area contributed by atoms with Crippen LogP contribution in [0.3, 0.4) is 0 Å². The first-order chi connectivity index (χ1) is 15.3. The number of hydrogen-bond donors (Lipinski definition) is 1. The van der Waals surface area contributed by atoms with Crippen LogP contribution in [0.1, 0.15) is 11.1 Å². The molecule has 0 spiro atoms. The molecule has 0 aliphatic carbocycles. The smallest absolute Gasteiger partial charge is 0.323 e. The Morgan fingerprint density at radius 1 is 1.00 bits per heavy atom. The Bertz CT molecular complexity index is 1200. The minimum Gasteiger partial charge on any atom is -0.478 e. The van der Waals surface area contributed by atoms with Gasteiger partial charge in [-0.15, -0.1) is 0 Å². The lowest BCUT2D eigenvalue weighted by molar-refractivity contribution is 0.208. The van der Waals surface area contributed by atoms with E-state index in [4.69, 9.17) is 4.74 Å². The van der Waals surface area contributed by atoms with Gasteiger partial charge in [0.25, 0.3) is 5.88 Å². The summed E-state index contributed by atoms with van der Waals surface area (Å²) in [4.78, 5) is 24.9. The van der Waals surface area contributed by atoms with Gasteiger partial charge in [0, 0.05) is 43.5 Å². The summed E-state index contributed by atoms with van der Waals surface area (Å²) in [6.45, 7) is 4.61. The van der Waals surface area contributed by atoms with Gasteiger partial charge in [0.1, 0.15) is 0 Å². The Morgan fingerprint density at radius 2 is 1.72 bits per heavy atom. The standard InChI is InChI=1S/C22H22F3N5O2/c1-12-4-5-15-16(10-12)27-21(32-3)20(26-15)28-22(31)30-8-6-29(7-9-30)17-11-14(23)19(25)18(24)13(17)2/h4-5,10-11H,6-9H2,1-3H3,(H,26,28,31). The normalized spacial score (nSPS) is 14.1. The first-order valence-corrected chi connectivity index (χ1v) is 10.1. The number of benzene rings is 2. The summed E-state index contributed by atoms with van der Waals surface area (Å²) < 4.78 is 46.3. The summed E-state index contributed by atoms with van der Waals surface area (Å²) in [5, 5.41) is 2.73. The molecular formula is C22H22F3N5O2. The first kappa shape index (κ1) is 21.7. The van der Waals surface area contributed by atoms with Crippen LogP contribution in [0.4, 0.5) is 29.5 Å². The van der Waals surface area contributed by atoms with Crippen molar-refractivity contribution in [2.75, 3.05) is 43.5 Å². The molecule has 10 heteroatoms. The van der Waals surface area contributed by atoms with Crippen molar-refractivity contribution in [2.45, 2.75) is 13.8 Å². The molecule has 2 aromatic carbocycles. The molecule has 0 saturated carbocycles. The number of hydrogen-bond acceptors (Lipinski definition) is 5. The molecule has 1 aliphatic heterocycles. The van der Waals surface area contributed by atoms with Gasteiger partial charge in [-0.2, -0.15) is 0 Å². The zero-order valence-corrected chi connectivity index (χ0v) is 17.9. The van der Waals surface area contributed by atoms with E-state index in [1.54, 1.807) is 9.80 Å². The van der Waals surface area contributed by atoms with Crippen LogP contribution in [0.25, 0.3) is 11.0 Å². The number of amides is 2. The number of ether oxygens (including phenoxy) is 1. The van der Waals surface area contributed by atoms with E-state index in [0.717, 1.165) is 11.6 Å². The van der Waals surface area contributed by atoms with Crippen LogP contribution in [0, 0.1) is 31.3 Å². The minimum atomic E-state index is -1.48. The van der Waals surface area contributed by atoms with Crippen LogP contribution in [0.15, 0.2) is 24.3 Å². The number of carbonyl (C=O) groups excluding carboxylic acids is 1. The topological polar surface area (TPSA) is 70.6 Å². The highest BCUT2D eigenvalue weighted by molar-refractivity contribution is 5.91. The first-order valence-electron chi connectivity index (χ1n) is 10.1. The lowest BCUT2D eigenvalue weighted by Crippen LogP contribution is -2.50. The number of halogens is 3. The number of aryl methyl sites for hydroxylation is 1. The average Bonchev–Trinajstić information content (AvgIpc) is 2.79. The second-order valence-electron chi connectivity index (χ2n) is 7.61. The molecule has 4 rings (SSSR count). The van der Waals surface area contributed by atoms with Crippen LogP contribution in [0.2, 0.25) is 0 Å². The van der Waals surface area contributed by atoms with E-state index < -0.39 is 23.5 Å². The summed E-state index contributed by atoms with van der Waals surface area (Å²) in [6, 6.07) is 6.18. The Morgan fingerprint density at radius 3 is 2.41 bits per heavy atom. The molecule has 168 valence electrons. The zero-order valence-electron chi connectivity index (χ0n) is 17.9. The Hall–Kier alpha value is -3.56. The number of fused-ring (bicyclic) bond motifs is 1. The number of piperazine rings is 1. The number of urea groups is 1. The lowest BCUT2D eigenvalue weighted by Gasteiger charge is -2.36. The third kappa shape index (κ3) is 4.00. The fourth-order valence-electron chi connectivity index (χ4n) is 3.70. The highest BCUT2D eigenvalue weighted by Gasteiger charge is 2.26. The minimum absolute atomic E-state index is 0.0354. The molecule has 0 unspecified atom stereocenters. The number of nitrogens with zero attached hydrogens (tertiary/aromatic N) is 4. The number of nitrogens with one attached hydrogen (secondary N) is 1. The van der Waals surface area contributed by atoms with Crippen molar-refractivity contribution in [3.8, 4) is 5.88 Å². The van der Waals surface area contributed by atoms with Crippen molar-refractivity contribution < 1.29 is 22.7 Å². The molecular weight excluding hydrogens is 423 g/mol. The third-order valence-electron chi connectivity index (χ3n) is 5.49. The maximum absolute atomic E-state index is 13.9. The molecule has 1 saturated heterocycles. The van der Waals surface area contributed by atoms with E-state index >= 15 is 0 Å². The van der Waals surface area contributed by atoms with Crippen LogP contribution < -0.4 is 15.0 Å². The van der Waals surface area contributed by atoms with Gasteiger partial charge in [-0.05, 0) is 31.5 Å². The van der Waals surface area contributed by atoms with Crippen LogP contribution >= 0.6 is 0 Å². The van der Waals surface area contributed by atoms with E-state index in [2.05, 4.69) is 15.3 Å². The van der Waals surface area contributed by atoms with Gasteiger partial charge < -0.3 is 14.5 Å². The fourth-order valence-corrected chi connectivity index (χ4v) is 3.70. The van der Waals surface area contributed by atoms with Crippen LogP contribution in [-0.4, -0.2) is 54.2 Å². The van der Waals surface area contributed by atoms with Crippen molar-refractivity contribution >= 4 is 28.6 Å². The summed E-state index contributed by atoms with van der Waals surface area (Å²) >= 11 is 0. The van der Waals surface area contributed by atoms with Gasteiger partial charge in [-0.1, -0.05) is 6.07 Å². The SMILES string of the molecule is COc1nc2cc(C)ccc2nc1NC(=O)N1CCN(c2cc(F)c(F)c(F)c2C)CC1. The molecule has 0 radical (unpaired) electrons. The highest BCUT2D eigenvalue weighted by Crippen LogP contribution is 2.28. The summed E-state index contributed by atoms with van der Waals surface area (Å²) in [5.41, 5.74) is 2.61. The monoisotopic (exact) mass is 445 g/mol. The lowest BCUT2D eigenvalue weighted by atomic mass is 10.1. The van der Waals surface area contributed by atoms with Gasteiger partial charge >= 0.3 is 6.03 Å². The van der Waals surface area contributed by atoms with Gasteiger partial charge in [0.15, 0.2) is 23.3 Å². The summed E-state index contributed by atoms with van der Waals surface area (Å²) in [5.74, 6) is -3.51. The Labute approximate surface area is 182 Å². The van der Waals surface area contributed by atoms with Crippen molar-refractivity contribution in [3.05, 3.63) is 52.8 Å². The van der Waals surface area contributed by atoms with E-state index in [1.807, 2.05) is 25.1 Å². The predicted molar refractivity (Wildman–Crippen MR) is 115 cm³/mol.